The molecule has 2 aliphatic heterocycles. The van der Waals surface area contributed by atoms with Crippen LogP contribution in [0, 0.1) is 12.7 Å². The minimum absolute atomic E-state index is 0.235. The van der Waals surface area contributed by atoms with Crippen molar-refractivity contribution in [1.29, 1.82) is 0 Å². The van der Waals surface area contributed by atoms with Gasteiger partial charge >= 0.3 is 6.03 Å². The van der Waals surface area contributed by atoms with Crippen LogP contribution in [-0.2, 0) is 4.79 Å². The number of hydrogen-bond donors (Lipinski definition) is 1. The second-order valence-electron chi connectivity index (χ2n) is 6.89. The van der Waals surface area contributed by atoms with E-state index in [-0.39, 0.29) is 30.6 Å². The Morgan fingerprint density at radius 1 is 1.18 bits per heavy atom. The Labute approximate surface area is 162 Å². The Kier molecular flexibility index (Phi) is 4.47. The molecule has 2 aliphatic rings. The van der Waals surface area contributed by atoms with Crippen LogP contribution in [0.2, 0.25) is 0 Å². The van der Waals surface area contributed by atoms with E-state index in [1.54, 1.807) is 29.2 Å². The van der Waals surface area contributed by atoms with Gasteiger partial charge in [-0.15, -0.1) is 6.58 Å². The lowest BCUT2D eigenvalue weighted by Crippen LogP contribution is -2.47. The molecule has 0 fully saturated rings. The normalized spacial score (nSPS) is 19.0. The molecule has 1 N–H and O–H groups in total. The fourth-order valence-corrected chi connectivity index (χ4v) is 3.69. The number of carbonyl (C=O) groups excluding carboxylic acids is 2. The maximum Gasteiger partial charge on any atom is 0.322 e. The summed E-state index contributed by atoms with van der Waals surface area (Å²) in [6.45, 7) is 6.19. The van der Waals surface area contributed by atoms with Gasteiger partial charge in [-0.2, -0.15) is 0 Å². The van der Waals surface area contributed by atoms with Gasteiger partial charge in [0.2, 0.25) is 0 Å². The third-order valence-electron chi connectivity index (χ3n) is 5.10. The smallest absolute Gasteiger partial charge is 0.322 e. The second-order valence-corrected chi connectivity index (χ2v) is 6.89. The van der Waals surface area contributed by atoms with Crippen LogP contribution in [0.3, 0.4) is 0 Å². The molecule has 5 nitrogen and oxygen atoms in total. The predicted octanol–water partition coefficient (Wildman–Crippen LogP) is 3.69. The van der Waals surface area contributed by atoms with Crippen LogP contribution in [0.15, 0.2) is 72.5 Å². The van der Waals surface area contributed by atoms with E-state index in [0.29, 0.717) is 11.3 Å². The molecule has 28 heavy (non-hydrogen) atoms. The summed E-state index contributed by atoms with van der Waals surface area (Å²) in [5.41, 5.74) is 3.08. The van der Waals surface area contributed by atoms with Crippen molar-refractivity contribution in [2.24, 2.45) is 0 Å². The van der Waals surface area contributed by atoms with Crippen molar-refractivity contribution in [3.05, 3.63) is 89.4 Å². The number of rotatable bonds is 4. The van der Waals surface area contributed by atoms with E-state index >= 15 is 0 Å². The van der Waals surface area contributed by atoms with Crippen LogP contribution in [0.1, 0.15) is 17.2 Å². The highest BCUT2D eigenvalue weighted by Crippen LogP contribution is 2.38. The molecular formula is C22H20FN3O2. The van der Waals surface area contributed by atoms with Crippen LogP contribution in [0.25, 0.3) is 0 Å². The average Bonchev–Trinajstić information content (AvgIpc) is 3.02. The van der Waals surface area contributed by atoms with Crippen molar-refractivity contribution in [1.82, 2.24) is 10.2 Å². The molecule has 0 radical (unpaired) electrons. The third kappa shape index (κ3) is 2.87. The number of hydrogen-bond acceptors (Lipinski definition) is 2. The number of nitrogens with one attached hydrogen (secondary N) is 1. The first kappa shape index (κ1) is 18.0. The predicted molar refractivity (Wildman–Crippen MR) is 105 cm³/mol. The number of benzene rings is 2. The molecule has 0 saturated carbocycles. The van der Waals surface area contributed by atoms with E-state index in [2.05, 4.69) is 11.9 Å². The topological polar surface area (TPSA) is 52.7 Å². The summed E-state index contributed by atoms with van der Waals surface area (Å²) in [5, 5.41) is 2.79. The molecule has 0 spiro atoms. The second kappa shape index (κ2) is 6.96. The number of carbonyl (C=O) groups is 2. The highest BCUT2D eigenvalue weighted by Gasteiger charge is 2.44. The van der Waals surface area contributed by atoms with Gasteiger partial charge in [0.15, 0.2) is 0 Å². The average molecular weight is 377 g/mol. The van der Waals surface area contributed by atoms with Crippen LogP contribution in [0.4, 0.5) is 14.9 Å². The summed E-state index contributed by atoms with van der Waals surface area (Å²) in [4.78, 5) is 29.1. The summed E-state index contributed by atoms with van der Waals surface area (Å²) < 4.78 is 14.5. The zero-order chi connectivity index (χ0) is 19.8. The molecule has 2 heterocycles. The Morgan fingerprint density at radius 3 is 2.57 bits per heavy atom. The molecule has 1 atom stereocenters. The Morgan fingerprint density at radius 2 is 1.89 bits per heavy atom. The van der Waals surface area contributed by atoms with Gasteiger partial charge in [-0.05, 0) is 25.1 Å². The highest BCUT2D eigenvalue weighted by molar-refractivity contribution is 6.11. The van der Waals surface area contributed by atoms with Crippen LogP contribution >= 0.6 is 0 Å². The van der Waals surface area contributed by atoms with Gasteiger partial charge in [0.05, 0.1) is 23.9 Å². The van der Waals surface area contributed by atoms with Gasteiger partial charge in [-0.3, -0.25) is 9.69 Å². The summed E-state index contributed by atoms with van der Waals surface area (Å²) in [5.74, 6) is -0.695. The summed E-state index contributed by atoms with van der Waals surface area (Å²) in [6.07, 6.45) is 1.60. The van der Waals surface area contributed by atoms with Crippen LogP contribution in [0.5, 0.6) is 0 Å². The van der Waals surface area contributed by atoms with Gasteiger partial charge < -0.3 is 10.2 Å². The summed E-state index contributed by atoms with van der Waals surface area (Å²) in [7, 11) is 0. The largest absolute Gasteiger partial charge is 0.326 e. The third-order valence-corrected chi connectivity index (χ3v) is 5.10. The highest BCUT2D eigenvalue weighted by atomic mass is 19.1. The molecule has 2 aromatic rings. The minimum atomic E-state index is -0.826. The Balaban J connectivity index is 1.80. The van der Waals surface area contributed by atoms with Crippen LogP contribution < -0.4 is 10.2 Å². The van der Waals surface area contributed by atoms with Gasteiger partial charge in [0.1, 0.15) is 5.82 Å². The van der Waals surface area contributed by atoms with E-state index < -0.39 is 11.9 Å². The lowest BCUT2D eigenvalue weighted by Gasteiger charge is -2.33. The quantitative estimate of drug-likeness (QED) is 0.827. The standard InChI is InChI=1S/C22H20FN3O2/c1-3-12-25-18-13-26(15-10-8-14(2)9-11-15)21(27)19(18)20(24-22(25)28)16-6-4-5-7-17(16)23/h3-11,20H,1,12-13H2,2H3,(H,24,28). The number of nitrogens with zero attached hydrogens (tertiary/aromatic N) is 2. The van der Waals surface area contributed by atoms with Crippen molar-refractivity contribution < 1.29 is 14.0 Å². The number of amides is 3. The van der Waals surface area contributed by atoms with Gasteiger partial charge in [-0.25, -0.2) is 9.18 Å². The van der Waals surface area contributed by atoms with Crippen molar-refractivity contribution in [2.45, 2.75) is 13.0 Å². The molecule has 3 amide bonds. The zero-order valence-electron chi connectivity index (χ0n) is 15.5. The fraction of sp³-hybridized carbons (Fsp3) is 0.182. The summed E-state index contributed by atoms with van der Waals surface area (Å²) in [6, 6.07) is 12.6. The number of anilines is 1. The van der Waals surface area contributed by atoms with Crippen molar-refractivity contribution in [3.8, 4) is 0 Å². The first-order chi connectivity index (χ1) is 13.5. The molecule has 0 saturated heterocycles. The molecule has 1 unspecified atom stereocenters. The molecule has 4 rings (SSSR count). The number of aryl methyl sites for hydroxylation is 1. The lowest BCUT2D eigenvalue weighted by molar-refractivity contribution is -0.114. The summed E-state index contributed by atoms with van der Waals surface area (Å²) >= 11 is 0. The molecule has 0 aromatic heterocycles. The lowest BCUT2D eigenvalue weighted by atomic mass is 9.95. The van der Waals surface area contributed by atoms with Crippen LogP contribution in [-0.4, -0.2) is 29.9 Å². The first-order valence-corrected chi connectivity index (χ1v) is 9.06. The van der Waals surface area contributed by atoms with Crippen molar-refractivity contribution in [2.75, 3.05) is 18.0 Å². The molecule has 2 aromatic carbocycles. The van der Waals surface area contributed by atoms with E-state index in [4.69, 9.17) is 0 Å². The molecular weight excluding hydrogens is 357 g/mol. The molecule has 0 bridgehead atoms. The van der Waals surface area contributed by atoms with Crippen molar-refractivity contribution >= 4 is 17.6 Å². The fourth-order valence-electron chi connectivity index (χ4n) is 3.69. The molecule has 0 aliphatic carbocycles. The van der Waals surface area contributed by atoms with E-state index in [1.807, 2.05) is 31.2 Å². The van der Waals surface area contributed by atoms with Gasteiger partial charge in [0, 0.05) is 17.8 Å². The van der Waals surface area contributed by atoms with Crippen molar-refractivity contribution in [3.63, 3.8) is 0 Å². The van der Waals surface area contributed by atoms with Gasteiger partial charge in [0.25, 0.3) is 5.91 Å². The number of urea groups is 1. The maximum atomic E-state index is 14.5. The van der Waals surface area contributed by atoms with E-state index in [9.17, 15) is 14.0 Å². The number of halogens is 1. The minimum Gasteiger partial charge on any atom is -0.326 e. The Bertz CT molecular complexity index is 997. The first-order valence-electron chi connectivity index (χ1n) is 9.06. The monoisotopic (exact) mass is 377 g/mol. The Hall–Kier alpha value is -3.41. The molecule has 142 valence electrons. The maximum absolute atomic E-state index is 14.5. The molecule has 6 heteroatoms. The van der Waals surface area contributed by atoms with Gasteiger partial charge in [-0.1, -0.05) is 42.0 Å². The SMILES string of the molecule is C=CCN1C(=O)NC(c2ccccc2F)C2=C1CN(c1ccc(C)cc1)C2=O. The van der Waals surface area contributed by atoms with E-state index in [0.717, 1.165) is 11.3 Å². The van der Waals surface area contributed by atoms with E-state index in [1.165, 1.54) is 11.0 Å². The zero-order valence-corrected chi connectivity index (χ0v) is 15.5.